The summed E-state index contributed by atoms with van der Waals surface area (Å²) in [6, 6.07) is 20.8. The molecular formula is C23H22FNO3. The number of halogens is 1. The third-order valence-corrected chi connectivity index (χ3v) is 4.33. The molecule has 1 amide bonds. The Morgan fingerprint density at radius 2 is 1.71 bits per heavy atom. The van der Waals surface area contributed by atoms with Crippen LogP contribution in [-0.2, 0) is 13.2 Å². The van der Waals surface area contributed by atoms with Crippen LogP contribution in [0.5, 0.6) is 11.5 Å². The molecule has 0 bridgehead atoms. The molecule has 0 heterocycles. The molecule has 0 aliphatic heterocycles. The lowest BCUT2D eigenvalue weighted by atomic mass is 10.1. The maximum Gasteiger partial charge on any atom is 0.257 e. The van der Waals surface area contributed by atoms with Crippen molar-refractivity contribution in [1.29, 1.82) is 0 Å². The molecule has 28 heavy (non-hydrogen) atoms. The van der Waals surface area contributed by atoms with E-state index in [1.165, 1.54) is 12.1 Å². The van der Waals surface area contributed by atoms with Crippen LogP contribution in [0.25, 0.3) is 0 Å². The van der Waals surface area contributed by atoms with Crippen molar-refractivity contribution in [2.45, 2.75) is 13.2 Å². The van der Waals surface area contributed by atoms with E-state index in [-0.39, 0.29) is 18.3 Å². The van der Waals surface area contributed by atoms with Gasteiger partial charge in [-0.3, -0.25) is 4.79 Å². The highest BCUT2D eigenvalue weighted by Gasteiger charge is 2.17. The molecular weight excluding hydrogens is 357 g/mol. The molecule has 144 valence electrons. The third-order valence-electron chi connectivity index (χ3n) is 4.33. The first-order valence-corrected chi connectivity index (χ1v) is 8.91. The fourth-order valence-corrected chi connectivity index (χ4v) is 2.83. The van der Waals surface area contributed by atoms with Gasteiger partial charge >= 0.3 is 0 Å². The number of para-hydroxylation sites is 1. The first-order chi connectivity index (χ1) is 13.6. The molecule has 0 aliphatic rings. The molecule has 0 aromatic heterocycles. The zero-order chi connectivity index (χ0) is 19.9. The largest absolute Gasteiger partial charge is 0.497 e. The Morgan fingerprint density at radius 1 is 0.964 bits per heavy atom. The predicted molar refractivity (Wildman–Crippen MR) is 106 cm³/mol. The van der Waals surface area contributed by atoms with E-state index in [2.05, 4.69) is 0 Å². The summed E-state index contributed by atoms with van der Waals surface area (Å²) in [7, 11) is 3.36. The average Bonchev–Trinajstić information content (AvgIpc) is 2.73. The molecule has 0 saturated heterocycles. The Bertz CT molecular complexity index is 941. The van der Waals surface area contributed by atoms with Crippen LogP contribution in [0, 0.1) is 5.82 Å². The van der Waals surface area contributed by atoms with Crippen LogP contribution in [0.4, 0.5) is 4.39 Å². The highest BCUT2D eigenvalue weighted by Crippen LogP contribution is 2.22. The lowest BCUT2D eigenvalue weighted by Crippen LogP contribution is -2.26. The second-order valence-electron chi connectivity index (χ2n) is 6.42. The minimum atomic E-state index is -0.293. The lowest BCUT2D eigenvalue weighted by molar-refractivity contribution is 0.0780. The SMILES string of the molecule is COc1cccc(CN(C)C(=O)c2ccccc2OCc2ccc(F)cc2)c1. The molecule has 0 saturated carbocycles. The van der Waals surface area contributed by atoms with Crippen molar-refractivity contribution < 1.29 is 18.7 Å². The van der Waals surface area contributed by atoms with E-state index in [1.54, 1.807) is 49.4 Å². The quantitative estimate of drug-likeness (QED) is 0.598. The topological polar surface area (TPSA) is 38.8 Å². The van der Waals surface area contributed by atoms with Crippen LogP contribution >= 0.6 is 0 Å². The van der Waals surface area contributed by atoms with Crippen LogP contribution in [-0.4, -0.2) is 25.0 Å². The number of hydrogen-bond acceptors (Lipinski definition) is 3. The van der Waals surface area contributed by atoms with Crippen molar-refractivity contribution in [3.8, 4) is 11.5 Å². The number of benzene rings is 3. The molecule has 3 aromatic rings. The van der Waals surface area contributed by atoms with Crippen molar-refractivity contribution in [2.75, 3.05) is 14.2 Å². The maximum atomic E-state index is 13.0. The molecule has 0 radical (unpaired) electrons. The molecule has 5 heteroatoms. The smallest absolute Gasteiger partial charge is 0.257 e. The minimum absolute atomic E-state index is 0.141. The average molecular weight is 379 g/mol. The van der Waals surface area contributed by atoms with Gasteiger partial charge in [-0.25, -0.2) is 4.39 Å². The van der Waals surface area contributed by atoms with Gasteiger partial charge in [0.2, 0.25) is 0 Å². The predicted octanol–water partition coefficient (Wildman–Crippen LogP) is 4.69. The Balaban J connectivity index is 1.71. The van der Waals surface area contributed by atoms with Gasteiger partial charge in [0, 0.05) is 13.6 Å². The van der Waals surface area contributed by atoms with E-state index < -0.39 is 0 Å². The van der Waals surface area contributed by atoms with Gasteiger partial charge in [0.05, 0.1) is 12.7 Å². The van der Waals surface area contributed by atoms with Gasteiger partial charge in [-0.15, -0.1) is 0 Å². The summed E-state index contributed by atoms with van der Waals surface area (Å²) >= 11 is 0. The van der Waals surface area contributed by atoms with Crippen molar-refractivity contribution in [3.05, 3.63) is 95.3 Å². The van der Waals surface area contributed by atoms with Crippen molar-refractivity contribution in [3.63, 3.8) is 0 Å². The lowest BCUT2D eigenvalue weighted by Gasteiger charge is -2.19. The van der Waals surface area contributed by atoms with Gasteiger partial charge in [0.1, 0.15) is 23.9 Å². The monoisotopic (exact) mass is 379 g/mol. The second kappa shape index (κ2) is 9.04. The summed E-state index contributed by atoms with van der Waals surface area (Å²) in [5.74, 6) is 0.812. The fourth-order valence-electron chi connectivity index (χ4n) is 2.83. The number of amides is 1. The van der Waals surface area contributed by atoms with Crippen molar-refractivity contribution in [2.24, 2.45) is 0 Å². The first kappa shape index (κ1) is 19.4. The van der Waals surface area contributed by atoms with Crippen LogP contribution in [0.3, 0.4) is 0 Å². The van der Waals surface area contributed by atoms with Crippen molar-refractivity contribution in [1.82, 2.24) is 4.90 Å². The number of methoxy groups -OCH3 is 1. The summed E-state index contributed by atoms with van der Waals surface area (Å²) in [4.78, 5) is 14.6. The Kier molecular flexibility index (Phi) is 6.27. The molecule has 0 unspecified atom stereocenters. The van der Waals surface area contributed by atoms with Gasteiger partial charge in [0.15, 0.2) is 0 Å². The number of carbonyl (C=O) groups is 1. The molecule has 0 aliphatic carbocycles. The second-order valence-corrected chi connectivity index (χ2v) is 6.42. The summed E-state index contributed by atoms with van der Waals surface area (Å²) in [5, 5.41) is 0. The highest BCUT2D eigenvalue weighted by molar-refractivity contribution is 5.96. The van der Waals surface area contributed by atoms with Crippen LogP contribution < -0.4 is 9.47 Å². The summed E-state index contributed by atoms with van der Waals surface area (Å²) < 4.78 is 24.1. The molecule has 3 rings (SSSR count). The van der Waals surface area contributed by atoms with Gasteiger partial charge in [-0.1, -0.05) is 36.4 Å². The normalized spacial score (nSPS) is 10.4. The number of hydrogen-bond donors (Lipinski definition) is 0. The summed E-state index contributed by atoms with van der Waals surface area (Å²) in [6.07, 6.45) is 0. The molecule has 0 spiro atoms. The number of carbonyl (C=O) groups excluding carboxylic acids is 1. The van der Waals surface area contributed by atoms with E-state index in [4.69, 9.17) is 9.47 Å². The van der Waals surface area contributed by atoms with Gasteiger partial charge in [-0.05, 0) is 47.5 Å². The fraction of sp³-hybridized carbons (Fsp3) is 0.174. The van der Waals surface area contributed by atoms with Gasteiger partial charge in [0.25, 0.3) is 5.91 Å². The number of nitrogens with zero attached hydrogens (tertiary/aromatic N) is 1. The minimum Gasteiger partial charge on any atom is -0.497 e. The maximum absolute atomic E-state index is 13.0. The Labute approximate surface area is 164 Å². The van der Waals surface area contributed by atoms with Gasteiger partial charge in [-0.2, -0.15) is 0 Å². The van der Waals surface area contributed by atoms with Crippen molar-refractivity contribution >= 4 is 5.91 Å². The molecule has 0 fully saturated rings. The third kappa shape index (κ3) is 4.88. The van der Waals surface area contributed by atoms with E-state index in [1.807, 2.05) is 30.3 Å². The molecule has 0 atom stereocenters. The first-order valence-electron chi connectivity index (χ1n) is 8.91. The standard InChI is InChI=1S/C23H22FNO3/c1-25(15-18-6-5-7-20(14-18)27-2)23(26)21-8-3-4-9-22(21)28-16-17-10-12-19(24)13-11-17/h3-14H,15-16H2,1-2H3. The number of rotatable bonds is 7. The Hall–Kier alpha value is -3.34. The van der Waals surface area contributed by atoms with E-state index in [9.17, 15) is 9.18 Å². The van der Waals surface area contributed by atoms with Crippen LogP contribution in [0.1, 0.15) is 21.5 Å². The Morgan fingerprint density at radius 3 is 2.46 bits per heavy atom. The van der Waals surface area contributed by atoms with E-state index in [0.717, 1.165) is 16.9 Å². The van der Waals surface area contributed by atoms with Gasteiger partial charge < -0.3 is 14.4 Å². The molecule has 0 N–H and O–H groups in total. The zero-order valence-electron chi connectivity index (χ0n) is 15.9. The molecule has 4 nitrogen and oxygen atoms in total. The van der Waals surface area contributed by atoms with E-state index in [0.29, 0.717) is 17.9 Å². The summed E-state index contributed by atoms with van der Waals surface area (Å²) in [6.45, 7) is 0.701. The molecule has 3 aromatic carbocycles. The van der Waals surface area contributed by atoms with Crippen LogP contribution in [0.15, 0.2) is 72.8 Å². The highest BCUT2D eigenvalue weighted by atomic mass is 19.1. The van der Waals surface area contributed by atoms with E-state index >= 15 is 0 Å². The van der Waals surface area contributed by atoms with Crippen LogP contribution in [0.2, 0.25) is 0 Å². The summed E-state index contributed by atoms with van der Waals surface area (Å²) in [5.41, 5.74) is 2.28. The zero-order valence-corrected chi connectivity index (χ0v) is 15.9. The number of ether oxygens (including phenoxy) is 2.